The van der Waals surface area contributed by atoms with Gasteiger partial charge in [0.1, 0.15) is 6.04 Å². The Balaban J connectivity index is 2.34. The zero-order chi connectivity index (χ0) is 13.1. The third-order valence-corrected chi connectivity index (χ3v) is 3.82. The van der Waals surface area contributed by atoms with Crippen molar-refractivity contribution < 1.29 is 9.90 Å². The predicted octanol–water partition coefficient (Wildman–Crippen LogP) is 3.61. The zero-order valence-corrected chi connectivity index (χ0v) is 11.4. The number of carbonyl (C=O) groups is 1. The lowest BCUT2D eigenvalue weighted by atomic mass is 10.0. The number of carboxylic acids is 1. The van der Waals surface area contributed by atoms with Crippen molar-refractivity contribution in [2.45, 2.75) is 25.3 Å². The maximum absolute atomic E-state index is 11.5. The molecule has 1 fully saturated rings. The number of hydrogen-bond acceptors (Lipinski definition) is 2. The first-order chi connectivity index (χ1) is 8.59. The van der Waals surface area contributed by atoms with Crippen LogP contribution in [0.25, 0.3) is 0 Å². The minimum absolute atomic E-state index is 0.456. The quantitative estimate of drug-likeness (QED) is 0.923. The van der Waals surface area contributed by atoms with Gasteiger partial charge in [0.05, 0.1) is 0 Å². The average Bonchev–Trinajstić information content (AvgIpc) is 2.35. The van der Waals surface area contributed by atoms with Gasteiger partial charge in [0.2, 0.25) is 0 Å². The van der Waals surface area contributed by atoms with Crippen molar-refractivity contribution in [3.63, 3.8) is 0 Å². The number of aliphatic carboxylic acids is 1. The molecule has 1 aromatic rings. The van der Waals surface area contributed by atoms with E-state index in [0.29, 0.717) is 15.6 Å². The summed E-state index contributed by atoms with van der Waals surface area (Å²) < 4.78 is 0. The molecule has 0 amide bonds. The lowest BCUT2D eigenvalue weighted by molar-refractivity contribution is -0.144. The summed E-state index contributed by atoms with van der Waals surface area (Å²) >= 11 is 12.0. The van der Waals surface area contributed by atoms with E-state index in [1.54, 1.807) is 18.2 Å². The van der Waals surface area contributed by atoms with Gasteiger partial charge in [-0.2, -0.15) is 0 Å². The fraction of sp³-hybridized carbons (Fsp3) is 0.462. The van der Waals surface area contributed by atoms with Crippen molar-refractivity contribution >= 4 is 29.2 Å². The van der Waals surface area contributed by atoms with Crippen LogP contribution in [-0.4, -0.2) is 29.1 Å². The van der Waals surface area contributed by atoms with Crippen LogP contribution in [0.5, 0.6) is 0 Å². The monoisotopic (exact) mass is 287 g/mol. The number of benzene rings is 1. The summed E-state index contributed by atoms with van der Waals surface area (Å²) in [7, 11) is 0. The smallest absolute Gasteiger partial charge is 0.325 e. The highest BCUT2D eigenvalue weighted by atomic mass is 35.5. The molecular weight excluding hydrogens is 273 g/mol. The maximum atomic E-state index is 11.5. The Morgan fingerprint density at radius 3 is 2.50 bits per heavy atom. The van der Waals surface area contributed by atoms with Crippen molar-refractivity contribution in [1.29, 1.82) is 0 Å². The Morgan fingerprint density at radius 2 is 1.89 bits per heavy atom. The van der Waals surface area contributed by atoms with Crippen molar-refractivity contribution in [3.05, 3.63) is 33.8 Å². The number of hydrogen-bond donors (Lipinski definition) is 1. The van der Waals surface area contributed by atoms with Crippen LogP contribution in [0.2, 0.25) is 10.0 Å². The molecule has 0 radical (unpaired) electrons. The first-order valence-electron chi connectivity index (χ1n) is 6.01. The van der Waals surface area contributed by atoms with E-state index in [2.05, 4.69) is 0 Å². The molecule has 1 aromatic carbocycles. The van der Waals surface area contributed by atoms with E-state index in [1.807, 2.05) is 4.90 Å². The second kappa shape index (κ2) is 5.91. The van der Waals surface area contributed by atoms with Gasteiger partial charge in [-0.3, -0.25) is 9.69 Å². The molecular formula is C13H15Cl2NO2. The fourth-order valence-electron chi connectivity index (χ4n) is 2.39. The van der Waals surface area contributed by atoms with Gasteiger partial charge in [-0.25, -0.2) is 0 Å². The van der Waals surface area contributed by atoms with Crippen LogP contribution in [0.4, 0.5) is 0 Å². The van der Waals surface area contributed by atoms with Crippen LogP contribution in [0, 0.1) is 0 Å². The van der Waals surface area contributed by atoms with E-state index in [4.69, 9.17) is 23.2 Å². The van der Waals surface area contributed by atoms with Crippen molar-refractivity contribution in [1.82, 2.24) is 4.90 Å². The topological polar surface area (TPSA) is 40.5 Å². The standard InChI is InChI=1S/C13H15Cl2NO2/c14-9-4-5-11(15)10(8-9)12(13(17)18)16-6-2-1-3-7-16/h4-5,8,12H,1-3,6-7H2,(H,17,18). The van der Waals surface area contributed by atoms with E-state index < -0.39 is 12.0 Å². The van der Waals surface area contributed by atoms with E-state index in [0.717, 1.165) is 32.4 Å². The predicted molar refractivity (Wildman–Crippen MR) is 72.3 cm³/mol. The minimum Gasteiger partial charge on any atom is -0.480 e. The second-order valence-electron chi connectivity index (χ2n) is 4.50. The zero-order valence-electron chi connectivity index (χ0n) is 9.90. The molecule has 1 saturated heterocycles. The van der Waals surface area contributed by atoms with Gasteiger partial charge in [-0.05, 0) is 44.1 Å². The molecule has 3 nitrogen and oxygen atoms in total. The molecule has 1 atom stereocenters. The number of carboxylic acid groups (broad SMARTS) is 1. The van der Waals surface area contributed by atoms with E-state index >= 15 is 0 Å². The van der Waals surface area contributed by atoms with E-state index in [1.165, 1.54) is 0 Å². The Morgan fingerprint density at radius 1 is 1.22 bits per heavy atom. The number of nitrogens with zero attached hydrogens (tertiary/aromatic N) is 1. The van der Waals surface area contributed by atoms with Crippen molar-refractivity contribution in [3.8, 4) is 0 Å². The summed E-state index contributed by atoms with van der Waals surface area (Å²) in [5.41, 5.74) is 0.582. The molecule has 1 heterocycles. The highest BCUT2D eigenvalue weighted by Gasteiger charge is 2.30. The van der Waals surface area contributed by atoms with Crippen LogP contribution in [0.1, 0.15) is 30.9 Å². The third kappa shape index (κ3) is 2.97. The molecule has 5 heteroatoms. The molecule has 0 aliphatic carbocycles. The average molecular weight is 288 g/mol. The molecule has 1 unspecified atom stereocenters. The van der Waals surface area contributed by atoms with Crippen LogP contribution in [0.3, 0.4) is 0 Å². The molecule has 2 rings (SSSR count). The van der Waals surface area contributed by atoms with Gasteiger partial charge >= 0.3 is 5.97 Å². The molecule has 1 N–H and O–H groups in total. The molecule has 0 spiro atoms. The van der Waals surface area contributed by atoms with Gasteiger partial charge in [0.15, 0.2) is 0 Å². The summed E-state index contributed by atoms with van der Waals surface area (Å²) in [5, 5.41) is 10.4. The second-order valence-corrected chi connectivity index (χ2v) is 5.35. The SMILES string of the molecule is O=C(O)C(c1cc(Cl)ccc1Cl)N1CCCCC1. The van der Waals surface area contributed by atoms with Crippen molar-refractivity contribution in [2.75, 3.05) is 13.1 Å². The lowest BCUT2D eigenvalue weighted by Crippen LogP contribution is -2.38. The van der Waals surface area contributed by atoms with Gasteiger partial charge in [-0.15, -0.1) is 0 Å². The highest BCUT2D eigenvalue weighted by Crippen LogP contribution is 2.32. The van der Waals surface area contributed by atoms with Crippen LogP contribution < -0.4 is 0 Å². The van der Waals surface area contributed by atoms with E-state index in [-0.39, 0.29) is 0 Å². The van der Waals surface area contributed by atoms with Crippen molar-refractivity contribution in [2.24, 2.45) is 0 Å². The van der Waals surface area contributed by atoms with Crippen LogP contribution >= 0.6 is 23.2 Å². The summed E-state index contributed by atoms with van der Waals surface area (Å²) in [6.07, 6.45) is 3.22. The maximum Gasteiger partial charge on any atom is 0.325 e. The summed E-state index contributed by atoms with van der Waals surface area (Å²) in [6, 6.07) is 4.27. The van der Waals surface area contributed by atoms with Gasteiger partial charge in [-0.1, -0.05) is 29.6 Å². The Hall–Kier alpha value is -0.770. The number of rotatable bonds is 3. The summed E-state index contributed by atoms with van der Waals surface area (Å²) in [4.78, 5) is 13.5. The molecule has 0 aromatic heterocycles. The molecule has 98 valence electrons. The normalized spacial score (nSPS) is 18.6. The van der Waals surface area contributed by atoms with Gasteiger partial charge in [0.25, 0.3) is 0 Å². The Kier molecular flexibility index (Phi) is 4.49. The highest BCUT2D eigenvalue weighted by molar-refractivity contribution is 6.33. The third-order valence-electron chi connectivity index (χ3n) is 3.24. The number of halogens is 2. The Labute approximate surface area is 116 Å². The summed E-state index contributed by atoms with van der Waals surface area (Å²) in [5.74, 6) is -0.874. The molecule has 1 aliphatic heterocycles. The molecule has 18 heavy (non-hydrogen) atoms. The first-order valence-corrected chi connectivity index (χ1v) is 6.77. The fourth-order valence-corrected chi connectivity index (χ4v) is 2.79. The molecule has 0 bridgehead atoms. The Bertz CT molecular complexity index is 445. The number of likely N-dealkylation sites (tertiary alicyclic amines) is 1. The summed E-state index contributed by atoms with van der Waals surface area (Å²) in [6.45, 7) is 1.58. The van der Waals surface area contributed by atoms with E-state index in [9.17, 15) is 9.90 Å². The van der Waals surface area contributed by atoms with Gasteiger partial charge < -0.3 is 5.11 Å². The minimum atomic E-state index is -0.874. The first kappa shape index (κ1) is 13.7. The lowest BCUT2D eigenvalue weighted by Gasteiger charge is -2.32. The number of piperidine rings is 1. The van der Waals surface area contributed by atoms with Crippen LogP contribution in [-0.2, 0) is 4.79 Å². The van der Waals surface area contributed by atoms with Gasteiger partial charge in [0, 0.05) is 15.6 Å². The molecule has 0 saturated carbocycles. The largest absolute Gasteiger partial charge is 0.480 e. The molecule has 1 aliphatic rings. The van der Waals surface area contributed by atoms with Crippen LogP contribution in [0.15, 0.2) is 18.2 Å².